The highest BCUT2D eigenvalue weighted by Crippen LogP contribution is 2.15. The van der Waals surface area contributed by atoms with Crippen LogP contribution in [0, 0.1) is 0 Å². The van der Waals surface area contributed by atoms with Crippen molar-refractivity contribution in [3.05, 3.63) is 96.8 Å². The maximum Gasteiger partial charge on any atom is 0.255 e. The maximum absolute atomic E-state index is 12.4. The Morgan fingerprint density at radius 2 is 1.77 bits per heavy atom. The van der Waals surface area contributed by atoms with E-state index in [2.05, 4.69) is 15.4 Å². The normalized spacial score (nSPS) is 10.6. The molecule has 0 aliphatic carbocycles. The maximum atomic E-state index is 12.4. The second-order valence-electron chi connectivity index (χ2n) is 5.87. The Morgan fingerprint density at radius 1 is 0.962 bits per heavy atom. The van der Waals surface area contributed by atoms with E-state index >= 15 is 0 Å². The fourth-order valence-corrected chi connectivity index (χ4v) is 2.67. The lowest BCUT2D eigenvalue weighted by Gasteiger charge is -2.08. The van der Waals surface area contributed by atoms with Gasteiger partial charge in [0, 0.05) is 41.7 Å². The van der Waals surface area contributed by atoms with Crippen molar-refractivity contribution < 1.29 is 4.79 Å². The third-order valence-corrected chi connectivity index (χ3v) is 4.05. The summed E-state index contributed by atoms with van der Waals surface area (Å²) in [6, 6.07) is 17.0. The van der Waals surface area contributed by atoms with Crippen molar-refractivity contribution in [2.45, 2.75) is 6.54 Å². The van der Waals surface area contributed by atoms with Crippen LogP contribution in [0.25, 0.3) is 5.69 Å². The SMILES string of the molecule is O=C(Nc1ccc(-n2ccnc2)cc1)c1ccc(Cn2cccn2)cc1. The van der Waals surface area contributed by atoms with Crippen LogP contribution in [0.5, 0.6) is 0 Å². The molecule has 0 spiro atoms. The Bertz CT molecular complexity index is 972. The molecule has 0 aliphatic rings. The molecule has 1 N–H and O–H groups in total. The van der Waals surface area contributed by atoms with Gasteiger partial charge in [-0.25, -0.2) is 4.98 Å². The Kier molecular flexibility index (Phi) is 4.30. The molecule has 6 heteroatoms. The molecule has 128 valence electrons. The highest BCUT2D eigenvalue weighted by molar-refractivity contribution is 6.04. The minimum Gasteiger partial charge on any atom is -0.322 e. The third kappa shape index (κ3) is 3.54. The molecule has 0 unspecified atom stereocenters. The minimum absolute atomic E-state index is 0.133. The van der Waals surface area contributed by atoms with E-state index in [1.807, 2.05) is 76.2 Å². The van der Waals surface area contributed by atoms with Crippen LogP contribution in [0.15, 0.2) is 85.7 Å². The summed E-state index contributed by atoms with van der Waals surface area (Å²) in [5, 5.41) is 7.10. The number of nitrogens with one attached hydrogen (secondary N) is 1. The Balaban J connectivity index is 1.41. The third-order valence-electron chi connectivity index (χ3n) is 4.05. The van der Waals surface area contributed by atoms with Crippen LogP contribution < -0.4 is 5.32 Å². The number of aromatic nitrogens is 4. The average molecular weight is 343 g/mol. The Labute approximate surface area is 150 Å². The minimum atomic E-state index is -0.133. The first-order valence-electron chi connectivity index (χ1n) is 8.24. The molecule has 6 nitrogen and oxygen atoms in total. The number of amides is 1. The van der Waals surface area contributed by atoms with Crippen LogP contribution in [0.2, 0.25) is 0 Å². The number of anilines is 1. The zero-order chi connectivity index (χ0) is 17.8. The van der Waals surface area contributed by atoms with Gasteiger partial charge in [-0.3, -0.25) is 9.48 Å². The van der Waals surface area contributed by atoms with Gasteiger partial charge in [0.15, 0.2) is 0 Å². The van der Waals surface area contributed by atoms with Crippen molar-refractivity contribution in [1.82, 2.24) is 19.3 Å². The Morgan fingerprint density at radius 3 is 2.42 bits per heavy atom. The number of imidazole rings is 1. The number of rotatable bonds is 5. The molecule has 0 atom stereocenters. The number of benzene rings is 2. The van der Waals surface area contributed by atoms with E-state index in [0.29, 0.717) is 12.1 Å². The fourth-order valence-electron chi connectivity index (χ4n) is 2.67. The molecule has 26 heavy (non-hydrogen) atoms. The van der Waals surface area contributed by atoms with E-state index in [1.54, 1.807) is 18.7 Å². The first kappa shape index (κ1) is 15.8. The highest BCUT2D eigenvalue weighted by Gasteiger charge is 2.07. The van der Waals surface area contributed by atoms with Crippen LogP contribution in [-0.4, -0.2) is 25.2 Å². The summed E-state index contributed by atoms with van der Waals surface area (Å²) in [5.41, 5.74) is 3.45. The summed E-state index contributed by atoms with van der Waals surface area (Å²) in [4.78, 5) is 16.4. The van der Waals surface area contributed by atoms with E-state index in [1.165, 1.54) is 0 Å². The first-order chi connectivity index (χ1) is 12.8. The van der Waals surface area contributed by atoms with Crippen LogP contribution in [0.3, 0.4) is 0 Å². The number of hydrogen-bond acceptors (Lipinski definition) is 3. The van der Waals surface area contributed by atoms with Crippen LogP contribution >= 0.6 is 0 Å². The fraction of sp³-hybridized carbons (Fsp3) is 0.0500. The van der Waals surface area contributed by atoms with Crippen LogP contribution in [0.4, 0.5) is 5.69 Å². The molecule has 0 radical (unpaired) electrons. The summed E-state index contributed by atoms with van der Waals surface area (Å²) in [6.07, 6.45) is 9.00. The largest absolute Gasteiger partial charge is 0.322 e. The smallest absolute Gasteiger partial charge is 0.255 e. The van der Waals surface area contributed by atoms with Gasteiger partial charge in [-0.1, -0.05) is 12.1 Å². The molecule has 1 amide bonds. The van der Waals surface area contributed by atoms with Crippen molar-refractivity contribution in [2.75, 3.05) is 5.32 Å². The van der Waals surface area contributed by atoms with Gasteiger partial charge < -0.3 is 9.88 Å². The van der Waals surface area contributed by atoms with E-state index in [9.17, 15) is 4.79 Å². The number of hydrogen-bond donors (Lipinski definition) is 1. The molecule has 2 aromatic heterocycles. The standard InChI is InChI=1S/C20H17N5O/c26-20(17-4-2-16(3-5-17)14-25-12-1-10-22-25)23-18-6-8-19(9-7-18)24-13-11-21-15-24/h1-13,15H,14H2,(H,23,26). The molecule has 0 saturated carbocycles. The zero-order valence-corrected chi connectivity index (χ0v) is 14.0. The van der Waals surface area contributed by atoms with Gasteiger partial charge in [-0.2, -0.15) is 5.10 Å². The lowest BCUT2D eigenvalue weighted by Crippen LogP contribution is -2.12. The quantitative estimate of drug-likeness (QED) is 0.604. The lowest BCUT2D eigenvalue weighted by atomic mass is 10.1. The molecule has 0 fully saturated rings. The average Bonchev–Trinajstić information content (AvgIpc) is 3.37. The van der Waals surface area contributed by atoms with Crippen LogP contribution in [0.1, 0.15) is 15.9 Å². The summed E-state index contributed by atoms with van der Waals surface area (Å²) in [6.45, 7) is 0.685. The van der Waals surface area contributed by atoms with Gasteiger partial charge in [-0.15, -0.1) is 0 Å². The van der Waals surface area contributed by atoms with Gasteiger partial charge in [0.25, 0.3) is 5.91 Å². The van der Waals surface area contributed by atoms with Crippen molar-refractivity contribution in [3.8, 4) is 5.69 Å². The predicted octanol–water partition coefficient (Wildman–Crippen LogP) is 3.37. The van der Waals surface area contributed by atoms with Crippen LogP contribution in [-0.2, 0) is 6.54 Å². The molecule has 2 aromatic carbocycles. The van der Waals surface area contributed by atoms with Crippen molar-refractivity contribution in [2.24, 2.45) is 0 Å². The highest BCUT2D eigenvalue weighted by atomic mass is 16.1. The van der Waals surface area contributed by atoms with Gasteiger partial charge in [0.1, 0.15) is 0 Å². The summed E-state index contributed by atoms with van der Waals surface area (Å²) >= 11 is 0. The van der Waals surface area contributed by atoms with Gasteiger partial charge in [0.2, 0.25) is 0 Å². The first-order valence-corrected chi connectivity index (χ1v) is 8.24. The lowest BCUT2D eigenvalue weighted by molar-refractivity contribution is 0.102. The number of carbonyl (C=O) groups is 1. The van der Waals surface area contributed by atoms with E-state index in [4.69, 9.17) is 0 Å². The van der Waals surface area contributed by atoms with Gasteiger partial charge >= 0.3 is 0 Å². The number of carbonyl (C=O) groups excluding carboxylic acids is 1. The molecular formula is C20H17N5O. The van der Waals surface area contributed by atoms with Crippen molar-refractivity contribution >= 4 is 11.6 Å². The molecule has 0 saturated heterocycles. The zero-order valence-electron chi connectivity index (χ0n) is 14.0. The summed E-state index contributed by atoms with van der Waals surface area (Å²) in [5.74, 6) is -0.133. The molecule has 0 aliphatic heterocycles. The summed E-state index contributed by atoms with van der Waals surface area (Å²) in [7, 11) is 0. The van der Waals surface area contributed by atoms with E-state index < -0.39 is 0 Å². The molecule has 4 aromatic rings. The molecule has 0 bridgehead atoms. The number of nitrogens with zero attached hydrogens (tertiary/aromatic N) is 4. The summed E-state index contributed by atoms with van der Waals surface area (Å²) < 4.78 is 3.75. The monoisotopic (exact) mass is 343 g/mol. The molecule has 2 heterocycles. The topological polar surface area (TPSA) is 64.7 Å². The second kappa shape index (κ2) is 7.06. The second-order valence-corrected chi connectivity index (χ2v) is 5.87. The van der Waals surface area contributed by atoms with E-state index in [-0.39, 0.29) is 5.91 Å². The Hall–Kier alpha value is -3.67. The predicted molar refractivity (Wildman–Crippen MR) is 99.3 cm³/mol. The molecular weight excluding hydrogens is 326 g/mol. The van der Waals surface area contributed by atoms with Crippen molar-refractivity contribution in [1.29, 1.82) is 0 Å². The van der Waals surface area contributed by atoms with Gasteiger partial charge in [0.05, 0.1) is 12.9 Å². The van der Waals surface area contributed by atoms with Crippen molar-refractivity contribution in [3.63, 3.8) is 0 Å². The molecule has 4 rings (SSSR count). The van der Waals surface area contributed by atoms with E-state index in [0.717, 1.165) is 16.9 Å². The van der Waals surface area contributed by atoms with Gasteiger partial charge in [-0.05, 0) is 48.0 Å².